The number of esters is 1. The minimum atomic E-state index is -0.634. The van der Waals surface area contributed by atoms with Crippen molar-refractivity contribution in [2.75, 3.05) is 6.61 Å². The van der Waals surface area contributed by atoms with Crippen LogP contribution >= 0.6 is 0 Å². The van der Waals surface area contributed by atoms with E-state index in [1.807, 2.05) is 6.07 Å². The summed E-state index contributed by atoms with van der Waals surface area (Å²) in [5.41, 5.74) is 0.471. The first-order chi connectivity index (χ1) is 8.12. The topological polar surface area (TPSA) is 70.3 Å². The van der Waals surface area contributed by atoms with E-state index in [-0.39, 0.29) is 29.7 Å². The van der Waals surface area contributed by atoms with Crippen molar-refractivity contribution in [3.05, 3.63) is 34.6 Å². The molecular weight excluding hydrogens is 225 g/mol. The van der Waals surface area contributed by atoms with Gasteiger partial charge in [-0.25, -0.2) is 4.39 Å². The monoisotopic (exact) mass is 237 g/mol. The average Bonchev–Trinajstić information content (AvgIpc) is 2.29. The number of hydrogen-bond acceptors (Lipinski definition) is 4. The summed E-state index contributed by atoms with van der Waals surface area (Å²) in [4.78, 5) is 11.2. The highest BCUT2D eigenvalue weighted by Crippen LogP contribution is 2.16. The summed E-state index contributed by atoms with van der Waals surface area (Å²) >= 11 is 0. The molecule has 1 N–H and O–H groups in total. The van der Waals surface area contributed by atoms with Crippen LogP contribution in [0.1, 0.15) is 23.6 Å². The van der Waals surface area contributed by atoms with E-state index < -0.39 is 18.4 Å². The van der Waals surface area contributed by atoms with Crippen molar-refractivity contribution >= 4 is 5.97 Å². The van der Waals surface area contributed by atoms with Crippen LogP contribution in [-0.2, 0) is 22.6 Å². The summed E-state index contributed by atoms with van der Waals surface area (Å²) in [7, 11) is 0. The SMILES string of the molecule is CCOC(=O)Cc1cc(F)c(CO)cc1C#N. The molecule has 0 saturated carbocycles. The van der Waals surface area contributed by atoms with Crippen LogP contribution in [0.3, 0.4) is 0 Å². The van der Waals surface area contributed by atoms with Gasteiger partial charge in [0.1, 0.15) is 5.82 Å². The number of rotatable bonds is 4. The van der Waals surface area contributed by atoms with Crippen molar-refractivity contribution in [1.29, 1.82) is 5.26 Å². The standard InChI is InChI=1S/C12H12FNO3/c1-2-17-12(16)5-8-4-11(13)10(7-15)3-9(8)6-14/h3-4,15H,2,5,7H2,1H3. The number of nitrogens with zero attached hydrogens (tertiary/aromatic N) is 1. The number of hydrogen-bond donors (Lipinski definition) is 1. The van der Waals surface area contributed by atoms with Crippen LogP contribution in [0.2, 0.25) is 0 Å². The van der Waals surface area contributed by atoms with Crippen molar-refractivity contribution in [3.8, 4) is 6.07 Å². The van der Waals surface area contributed by atoms with Gasteiger partial charge in [-0.15, -0.1) is 0 Å². The highest BCUT2D eigenvalue weighted by atomic mass is 19.1. The minimum absolute atomic E-state index is 0.0363. The number of carbonyl (C=O) groups is 1. The summed E-state index contributed by atoms with van der Waals surface area (Å²) in [6, 6.07) is 4.18. The molecule has 1 aromatic carbocycles. The second-order valence-corrected chi connectivity index (χ2v) is 3.35. The number of carbonyl (C=O) groups excluding carboxylic acids is 1. The summed E-state index contributed by atoms with van der Waals surface area (Å²) in [6.07, 6.45) is -0.153. The minimum Gasteiger partial charge on any atom is -0.466 e. The molecule has 0 unspecified atom stereocenters. The molecule has 0 fully saturated rings. The summed E-state index contributed by atoms with van der Waals surface area (Å²) < 4.78 is 18.1. The van der Waals surface area contributed by atoms with Crippen LogP contribution in [0.4, 0.5) is 4.39 Å². The fraction of sp³-hybridized carbons (Fsp3) is 0.333. The number of nitriles is 1. The van der Waals surface area contributed by atoms with Crippen LogP contribution in [0.5, 0.6) is 0 Å². The predicted molar refractivity (Wildman–Crippen MR) is 57.4 cm³/mol. The molecule has 0 saturated heterocycles. The van der Waals surface area contributed by atoms with E-state index >= 15 is 0 Å². The van der Waals surface area contributed by atoms with E-state index in [4.69, 9.17) is 15.1 Å². The zero-order chi connectivity index (χ0) is 12.8. The maximum Gasteiger partial charge on any atom is 0.310 e. The Morgan fingerprint density at radius 1 is 1.53 bits per heavy atom. The molecule has 17 heavy (non-hydrogen) atoms. The Bertz CT molecular complexity index is 466. The Labute approximate surface area is 98.2 Å². The Morgan fingerprint density at radius 2 is 2.24 bits per heavy atom. The number of ether oxygens (including phenoxy) is 1. The van der Waals surface area contributed by atoms with Crippen LogP contribution in [0, 0.1) is 17.1 Å². The normalized spacial score (nSPS) is 9.76. The summed E-state index contributed by atoms with van der Waals surface area (Å²) in [5, 5.41) is 17.7. The lowest BCUT2D eigenvalue weighted by molar-refractivity contribution is -0.142. The van der Waals surface area contributed by atoms with Gasteiger partial charge in [0.2, 0.25) is 0 Å². The fourth-order valence-corrected chi connectivity index (χ4v) is 1.40. The molecule has 0 bridgehead atoms. The molecule has 1 rings (SSSR count). The van der Waals surface area contributed by atoms with E-state index in [0.29, 0.717) is 0 Å². The van der Waals surface area contributed by atoms with Crippen LogP contribution in [0.15, 0.2) is 12.1 Å². The zero-order valence-electron chi connectivity index (χ0n) is 9.36. The first kappa shape index (κ1) is 13.1. The fourth-order valence-electron chi connectivity index (χ4n) is 1.40. The molecular formula is C12H12FNO3. The molecule has 0 aliphatic carbocycles. The second kappa shape index (κ2) is 5.97. The highest BCUT2D eigenvalue weighted by molar-refractivity contribution is 5.73. The third-order valence-corrected chi connectivity index (χ3v) is 2.20. The van der Waals surface area contributed by atoms with Gasteiger partial charge in [0.25, 0.3) is 0 Å². The van der Waals surface area contributed by atoms with Crippen molar-refractivity contribution in [1.82, 2.24) is 0 Å². The molecule has 0 aromatic heterocycles. The number of aliphatic hydroxyl groups is 1. The van der Waals surface area contributed by atoms with E-state index in [1.54, 1.807) is 6.92 Å². The van der Waals surface area contributed by atoms with Gasteiger partial charge in [0, 0.05) is 5.56 Å². The van der Waals surface area contributed by atoms with Crippen LogP contribution < -0.4 is 0 Å². The molecule has 0 aliphatic rings. The molecule has 1 aromatic rings. The van der Waals surface area contributed by atoms with Gasteiger partial charge in [-0.05, 0) is 24.6 Å². The van der Waals surface area contributed by atoms with E-state index in [1.165, 1.54) is 6.07 Å². The third kappa shape index (κ3) is 3.26. The van der Waals surface area contributed by atoms with Gasteiger partial charge < -0.3 is 9.84 Å². The van der Waals surface area contributed by atoms with Gasteiger partial charge in [0.15, 0.2) is 0 Å². The summed E-state index contributed by atoms with van der Waals surface area (Å²) in [5.74, 6) is -1.15. The summed E-state index contributed by atoms with van der Waals surface area (Å²) in [6.45, 7) is 1.41. The Kier molecular flexibility index (Phi) is 4.61. The van der Waals surface area contributed by atoms with Crippen LogP contribution in [-0.4, -0.2) is 17.7 Å². The zero-order valence-corrected chi connectivity index (χ0v) is 9.36. The first-order valence-electron chi connectivity index (χ1n) is 5.10. The number of halogens is 1. The lowest BCUT2D eigenvalue weighted by atomic mass is 10.0. The highest BCUT2D eigenvalue weighted by Gasteiger charge is 2.13. The number of benzene rings is 1. The number of aliphatic hydroxyl groups excluding tert-OH is 1. The molecule has 0 aliphatic heterocycles. The van der Waals surface area contributed by atoms with E-state index in [9.17, 15) is 9.18 Å². The molecule has 0 atom stereocenters. The molecule has 0 radical (unpaired) electrons. The van der Waals surface area contributed by atoms with Crippen LogP contribution in [0.25, 0.3) is 0 Å². The van der Waals surface area contributed by atoms with Gasteiger partial charge >= 0.3 is 5.97 Å². The predicted octanol–water partition coefficient (Wildman–Crippen LogP) is 1.30. The van der Waals surface area contributed by atoms with Gasteiger partial charge in [-0.1, -0.05) is 0 Å². The third-order valence-electron chi connectivity index (χ3n) is 2.20. The van der Waals surface area contributed by atoms with Crippen molar-refractivity contribution in [3.63, 3.8) is 0 Å². The first-order valence-corrected chi connectivity index (χ1v) is 5.10. The second-order valence-electron chi connectivity index (χ2n) is 3.35. The van der Waals surface area contributed by atoms with Crippen molar-refractivity contribution in [2.45, 2.75) is 20.0 Å². The Balaban J connectivity index is 3.03. The maximum absolute atomic E-state index is 13.4. The molecule has 0 heterocycles. The van der Waals surface area contributed by atoms with Gasteiger partial charge in [0.05, 0.1) is 31.3 Å². The largest absolute Gasteiger partial charge is 0.466 e. The molecule has 0 spiro atoms. The Morgan fingerprint density at radius 3 is 2.76 bits per heavy atom. The molecule has 90 valence electrons. The lowest BCUT2D eigenvalue weighted by Crippen LogP contribution is -2.09. The maximum atomic E-state index is 13.4. The van der Waals surface area contributed by atoms with Gasteiger partial charge in [-0.2, -0.15) is 5.26 Å². The van der Waals surface area contributed by atoms with E-state index in [0.717, 1.165) is 6.07 Å². The molecule has 4 nitrogen and oxygen atoms in total. The average molecular weight is 237 g/mol. The smallest absolute Gasteiger partial charge is 0.310 e. The molecule has 0 amide bonds. The van der Waals surface area contributed by atoms with E-state index in [2.05, 4.69) is 0 Å². The van der Waals surface area contributed by atoms with Crippen molar-refractivity contribution in [2.24, 2.45) is 0 Å². The lowest BCUT2D eigenvalue weighted by Gasteiger charge is -2.07. The Hall–Kier alpha value is -1.93. The van der Waals surface area contributed by atoms with Crippen molar-refractivity contribution < 1.29 is 19.0 Å². The van der Waals surface area contributed by atoms with Gasteiger partial charge in [-0.3, -0.25) is 4.79 Å². The quantitative estimate of drug-likeness (QED) is 0.801. The molecule has 5 heteroatoms.